The SMILES string of the molecule is CC(=Cc1cc2cccc(C)c2nc1Cl)[N+](=O)[O-]. The van der Waals surface area contributed by atoms with Crippen molar-refractivity contribution in [3.05, 3.63) is 56.4 Å². The van der Waals surface area contributed by atoms with Gasteiger partial charge in [0.05, 0.1) is 10.4 Å². The van der Waals surface area contributed by atoms with Gasteiger partial charge in [-0.05, 0) is 18.6 Å². The maximum absolute atomic E-state index is 10.6. The van der Waals surface area contributed by atoms with Crippen LogP contribution in [0.3, 0.4) is 0 Å². The molecule has 92 valence electrons. The first-order valence-corrected chi connectivity index (χ1v) is 5.75. The maximum atomic E-state index is 10.6. The molecule has 0 bridgehead atoms. The summed E-state index contributed by atoms with van der Waals surface area (Å²) in [4.78, 5) is 14.4. The summed E-state index contributed by atoms with van der Waals surface area (Å²) in [6.07, 6.45) is 1.43. The largest absolute Gasteiger partial charge is 0.259 e. The van der Waals surface area contributed by atoms with Crippen LogP contribution in [0.25, 0.3) is 17.0 Å². The van der Waals surface area contributed by atoms with E-state index in [9.17, 15) is 10.1 Å². The van der Waals surface area contributed by atoms with E-state index in [1.807, 2.05) is 31.2 Å². The van der Waals surface area contributed by atoms with Gasteiger partial charge < -0.3 is 0 Å². The lowest BCUT2D eigenvalue weighted by molar-refractivity contribution is -0.422. The summed E-state index contributed by atoms with van der Waals surface area (Å²) in [6.45, 7) is 3.38. The van der Waals surface area contributed by atoms with Gasteiger partial charge in [-0.3, -0.25) is 10.1 Å². The first-order valence-electron chi connectivity index (χ1n) is 5.37. The molecule has 1 aromatic heterocycles. The van der Waals surface area contributed by atoms with Gasteiger partial charge >= 0.3 is 0 Å². The number of pyridine rings is 1. The third-order valence-corrected chi connectivity index (χ3v) is 2.98. The Kier molecular flexibility index (Phi) is 3.30. The van der Waals surface area contributed by atoms with E-state index in [4.69, 9.17) is 11.6 Å². The van der Waals surface area contributed by atoms with Crippen LogP contribution < -0.4 is 0 Å². The third kappa shape index (κ3) is 2.33. The highest BCUT2D eigenvalue weighted by molar-refractivity contribution is 6.31. The third-order valence-electron chi connectivity index (χ3n) is 2.68. The first-order chi connectivity index (χ1) is 8.49. The van der Waals surface area contributed by atoms with Gasteiger partial charge in [0.25, 0.3) is 0 Å². The molecule has 0 aliphatic rings. The van der Waals surface area contributed by atoms with Gasteiger partial charge in [0.2, 0.25) is 5.70 Å². The summed E-state index contributed by atoms with van der Waals surface area (Å²) in [5.41, 5.74) is 2.43. The topological polar surface area (TPSA) is 56.0 Å². The Morgan fingerprint density at radius 2 is 2.22 bits per heavy atom. The second-order valence-electron chi connectivity index (χ2n) is 4.06. The molecule has 2 rings (SSSR count). The quantitative estimate of drug-likeness (QED) is 0.469. The van der Waals surface area contributed by atoms with Gasteiger partial charge in [-0.15, -0.1) is 0 Å². The van der Waals surface area contributed by atoms with Crippen molar-refractivity contribution in [2.24, 2.45) is 0 Å². The van der Waals surface area contributed by atoms with Crippen LogP contribution in [-0.2, 0) is 0 Å². The van der Waals surface area contributed by atoms with Crippen molar-refractivity contribution >= 4 is 28.6 Å². The number of fused-ring (bicyclic) bond motifs is 1. The van der Waals surface area contributed by atoms with Gasteiger partial charge in [-0.1, -0.05) is 29.8 Å². The number of benzene rings is 1. The molecule has 0 atom stereocenters. The molecule has 4 nitrogen and oxygen atoms in total. The van der Waals surface area contributed by atoms with Gasteiger partial charge in [0.15, 0.2) is 0 Å². The van der Waals surface area contributed by atoms with Crippen molar-refractivity contribution in [1.82, 2.24) is 4.98 Å². The number of aryl methyl sites for hydroxylation is 1. The van der Waals surface area contributed by atoms with Crippen LogP contribution >= 0.6 is 11.6 Å². The Hall–Kier alpha value is -1.94. The fourth-order valence-electron chi connectivity index (χ4n) is 1.72. The fourth-order valence-corrected chi connectivity index (χ4v) is 1.91. The average molecular weight is 263 g/mol. The minimum absolute atomic E-state index is 0.0331. The van der Waals surface area contributed by atoms with Gasteiger partial charge in [0, 0.05) is 23.9 Å². The zero-order valence-electron chi connectivity index (χ0n) is 9.98. The van der Waals surface area contributed by atoms with Gasteiger partial charge in [-0.25, -0.2) is 4.98 Å². The number of hydrogen-bond donors (Lipinski definition) is 0. The highest BCUT2D eigenvalue weighted by Gasteiger charge is 2.08. The summed E-state index contributed by atoms with van der Waals surface area (Å²) in [5.74, 6) is 0. The smallest absolute Gasteiger partial charge is 0.243 e. The molecule has 0 aliphatic carbocycles. The van der Waals surface area contributed by atoms with Crippen LogP contribution in [0.15, 0.2) is 30.0 Å². The number of aromatic nitrogens is 1. The number of para-hydroxylation sites is 1. The summed E-state index contributed by atoms with van der Waals surface area (Å²) in [5, 5.41) is 11.8. The highest BCUT2D eigenvalue weighted by atomic mass is 35.5. The number of allylic oxidation sites excluding steroid dienone is 1. The first kappa shape index (κ1) is 12.5. The molecule has 5 heteroatoms. The molecule has 0 N–H and O–H groups in total. The minimum atomic E-state index is -0.448. The Morgan fingerprint density at radius 1 is 1.50 bits per heavy atom. The Labute approximate surface area is 109 Å². The van der Waals surface area contributed by atoms with Gasteiger partial charge in [-0.2, -0.15) is 0 Å². The molecule has 1 aromatic carbocycles. The molecule has 0 unspecified atom stereocenters. The van der Waals surface area contributed by atoms with Crippen molar-refractivity contribution < 1.29 is 4.92 Å². The molecule has 0 aliphatic heterocycles. The standard InChI is InChI=1S/C13H11ClN2O2/c1-8-4-3-5-10-7-11(6-9(2)16(17)18)13(14)15-12(8)10/h3-7H,1-2H3. The zero-order valence-corrected chi connectivity index (χ0v) is 10.7. The lowest BCUT2D eigenvalue weighted by atomic mass is 10.1. The molecule has 2 aromatic rings. The molecule has 0 radical (unpaired) electrons. The minimum Gasteiger partial charge on any atom is -0.259 e. The zero-order chi connectivity index (χ0) is 13.3. The van der Waals surface area contributed by atoms with E-state index in [0.717, 1.165) is 16.5 Å². The lowest BCUT2D eigenvalue weighted by Gasteiger charge is -2.04. The normalized spacial score (nSPS) is 11.8. The van der Waals surface area contributed by atoms with Crippen LogP contribution in [0.1, 0.15) is 18.1 Å². The monoisotopic (exact) mass is 262 g/mol. The molecule has 0 fully saturated rings. The van der Waals surface area contributed by atoms with Crippen molar-refractivity contribution in [2.45, 2.75) is 13.8 Å². The molecule has 0 amide bonds. The Bertz CT molecular complexity index is 665. The van der Waals surface area contributed by atoms with Crippen molar-refractivity contribution in [3.8, 4) is 0 Å². The molecule has 1 heterocycles. The molecule has 0 saturated heterocycles. The summed E-state index contributed by atoms with van der Waals surface area (Å²) in [6, 6.07) is 7.58. The molecule has 18 heavy (non-hydrogen) atoms. The summed E-state index contributed by atoms with van der Waals surface area (Å²) >= 11 is 6.05. The maximum Gasteiger partial charge on any atom is 0.243 e. The summed E-state index contributed by atoms with van der Waals surface area (Å²) < 4.78 is 0. The van der Waals surface area contributed by atoms with Crippen LogP contribution in [0.4, 0.5) is 0 Å². The second kappa shape index (κ2) is 4.74. The van der Waals surface area contributed by atoms with E-state index in [1.165, 1.54) is 13.0 Å². The fraction of sp³-hybridized carbons (Fsp3) is 0.154. The number of hydrogen-bond acceptors (Lipinski definition) is 3. The summed E-state index contributed by atoms with van der Waals surface area (Å²) in [7, 11) is 0. The van der Waals surface area contributed by atoms with Gasteiger partial charge in [0.1, 0.15) is 5.15 Å². The van der Waals surface area contributed by atoms with Crippen LogP contribution in [0.5, 0.6) is 0 Å². The van der Waals surface area contributed by atoms with E-state index < -0.39 is 4.92 Å². The van der Waals surface area contributed by atoms with Crippen LogP contribution in [0, 0.1) is 17.0 Å². The van der Waals surface area contributed by atoms with Crippen LogP contribution in [-0.4, -0.2) is 9.91 Å². The van der Waals surface area contributed by atoms with E-state index in [2.05, 4.69) is 4.98 Å². The Balaban J connectivity index is 2.64. The highest BCUT2D eigenvalue weighted by Crippen LogP contribution is 2.24. The van der Waals surface area contributed by atoms with Crippen LogP contribution in [0.2, 0.25) is 5.15 Å². The molecule has 0 spiro atoms. The molecule has 0 saturated carbocycles. The van der Waals surface area contributed by atoms with Crippen molar-refractivity contribution in [2.75, 3.05) is 0 Å². The molecular weight excluding hydrogens is 252 g/mol. The van der Waals surface area contributed by atoms with E-state index in [1.54, 1.807) is 0 Å². The van der Waals surface area contributed by atoms with Crippen molar-refractivity contribution in [3.63, 3.8) is 0 Å². The lowest BCUT2D eigenvalue weighted by Crippen LogP contribution is -1.94. The number of rotatable bonds is 2. The van der Waals surface area contributed by atoms with Crippen molar-refractivity contribution in [1.29, 1.82) is 0 Å². The number of halogens is 1. The van der Waals surface area contributed by atoms with E-state index >= 15 is 0 Å². The molecular formula is C13H11ClN2O2. The Morgan fingerprint density at radius 3 is 2.89 bits per heavy atom. The predicted octanol–water partition coefficient (Wildman–Crippen LogP) is 3.83. The number of nitrogens with zero attached hydrogens (tertiary/aromatic N) is 2. The van der Waals surface area contributed by atoms with E-state index in [-0.39, 0.29) is 10.9 Å². The predicted molar refractivity (Wildman–Crippen MR) is 72.1 cm³/mol. The second-order valence-corrected chi connectivity index (χ2v) is 4.42. The average Bonchev–Trinajstić information content (AvgIpc) is 2.31. The number of nitro groups is 1. The van der Waals surface area contributed by atoms with E-state index in [0.29, 0.717) is 5.56 Å².